The Morgan fingerprint density at radius 2 is 1.26 bits per heavy atom. The Morgan fingerprint density at radius 3 is 1.80 bits per heavy atom. The van der Waals surface area contributed by atoms with Crippen LogP contribution >= 0.6 is 0 Å². The molecule has 0 saturated heterocycles. The Bertz CT molecular complexity index is 1440. The summed E-state index contributed by atoms with van der Waals surface area (Å²) in [4.78, 5) is 48.1. The lowest BCUT2D eigenvalue weighted by Crippen LogP contribution is -2.20. The van der Waals surface area contributed by atoms with Crippen LogP contribution in [0.1, 0.15) is 51.8 Å². The van der Waals surface area contributed by atoms with Crippen LogP contribution in [-0.4, -0.2) is 82.8 Å². The zero-order valence-electron chi connectivity index (χ0n) is 26.6. The molecule has 3 aromatic rings. The normalized spacial score (nSPS) is 11.0. The highest BCUT2D eigenvalue weighted by molar-refractivity contribution is 6.11. The van der Waals surface area contributed by atoms with Crippen LogP contribution in [-0.2, 0) is 23.7 Å². The van der Waals surface area contributed by atoms with E-state index in [2.05, 4.69) is 10.6 Å². The van der Waals surface area contributed by atoms with Crippen molar-refractivity contribution in [3.63, 3.8) is 0 Å². The van der Waals surface area contributed by atoms with Crippen molar-refractivity contribution >= 4 is 34.8 Å². The Labute approximate surface area is 269 Å². The number of rotatable bonds is 21. The first kappa shape index (κ1) is 36.1. The molecule has 246 valence electrons. The van der Waals surface area contributed by atoms with Gasteiger partial charge < -0.3 is 35.3 Å². The third kappa shape index (κ3) is 11.8. The molecule has 0 bridgehead atoms. The fourth-order valence-corrected chi connectivity index (χ4v) is 4.45. The molecule has 0 aliphatic heterocycles. The van der Waals surface area contributed by atoms with Crippen LogP contribution in [0.5, 0.6) is 0 Å². The Morgan fingerprint density at radius 1 is 0.717 bits per heavy atom. The van der Waals surface area contributed by atoms with Crippen molar-refractivity contribution in [3.05, 3.63) is 83.4 Å². The molecular formula is C35H43N3O8. The van der Waals surface area contributed by atoms with Crippen molar-refractivity contribution in [1.29, 1.82) is 0 Å². The van der Waals surface area contributed by atoms with Crippen LogP contribution in [0.15, 0.2) is 66.7 Å². The van der Waals surface area contributed by atoms with E-state index in [0.717, 1.165) is 11.1 Å². The van der Waals surface area contributed by atoms with Crippen LogP contribution < -0.4 is 16.4 Å². The van der Waals surface area contributed by atoms with Gasteiger partial charge in [0.15, 0.2) is 11.6 Å². The maximum Gasteiger partial charge on any atom is 0.250 e. The zero-order chi connectivity index (χ0) is 33.3. The van der Waals surface area contributed by atoms with Gasteiger partial charge in [-0.3, -0.25) is 19.2 Å². The molecular weight excluding hydrogens is 590 g/mol. The molecule has 0 aliphatic rings. The van der Waals surface area contributed by atoms with E-state index >= 15 is 0 Å². The molecule has 11 nitrogen and oxygen atoms in total. The van der Waals surface area contributed by atoms with Gasteiger partial charge in [-0.15, -0.1) is 0 Å². The van der Waals surface area contributed by atoms with E-state index < -0.39 is 5.91 Å². The number of hydrogen-bond acceptors (Lipinski definition) is 9. The Balaban J connectivity index is 1.18. The van der Waals surface area contributed by atoms with Gasteiger partial charge in [0, 0.05) is 35.0 Å². The van der Waals surface area contributed by atoms with Crippen LogP contribution in [0.2, 0.25) is 0 Å². The van der Waals surface area contributed by atoms with Crippen molar-refractivity contribution in [2.24, 2.45) is 11.7 Å². The largest absolute Gasteiger partial charge is 0.382 e. The number of carbonyl (C=O) groups is 4. The fraction of sp³-hybridized carbons (Fsp3) is 0.371. The molecule has 0 saturated carbocycles. The number of primary amides is 1. The Hall–Kier alpha value is -4.42. The molecule has 4 N–H and O–H groups in total. The quantitative estimate of drug-likeness (QED) is 0.113. The minimum absolute atomic E-state index is 0.0608. The molecule has 0 fully saturated rings. The number of ketones is 2. The summed E-state index contributed by atoms with van der Waals surface area (Å²) in [5.74, 6) is -1.16. The van der Waals surface area contributed by atoms with Gasteiger partial charge in [-0.1, -0.05) is 50.2 Å². The zero-order valence-corrected chi connectivity index (χ0v) is 26.6. The number of carbonyl (C=O) groups excluding carboxylic acids is 4. The van der Waals surface area contributed by atoms with Crippen LogP contribution in [0, 0.1) is 5.92 Å². The van der Waals surface area contributed by atoms with E-state index in [0.29, 0.717) is 74.3 Å². The van der Waals surface area contributed by atoms with E-state index in [1.54, 1.807) is 42.5 Å². The van der Waals surface area contributed by atoms with Gasteiger partial charge in [0.05, 0.1) is 51.8 Å². The lowest BCUT2D eigenvalue weighted by atomic mass is 9.93. The SMILES string of the molecule is CC(=O)c1c(NCCOCCOCCOCCOCC(=O)Nc2ccc(-c3ccc(C(N)=O)cc3)cc2)cccc1C(=O)C(C)C. The molecule has 0 radical (unpaired) electrons. The van der Waals surface area contributed by atoms with Crippen molar-refractivity contribution in [3.8, 4) is 11.1 Å². The van der Waals surface area contributed by atoms with Gasteiger partial charge in [-0.2, -0.15) is 0 Å². The highest BCUT2D eigenvalue weighted by Gasteiger charge is 2.20. The van der Waals surface area contributed by atoms with Gasteiger partial charge in [-0.05, 0) is 48.4 Å². The average Bonchev–Trinajstić information content (AvgIpc) is 3.04. The number of benzene rings is 3. The number of Topliss-reactive ketones (excluding diaryl/α,β-unsaturated/α-hetero) is 2. The summed E-state index contributed by atoms with van der Waals surface area (Å²) < 4.78 is 21.9. The minimum Gasteiger partial charge on any atom is -0.382 e. The van der Waals surface area contributed by atoms with Crippen LogP contribution in [0.25, 0.3) is 11.1 Å². The topological polar surface area (TPSA) is 155 Å². The van der Waals surface area contributed by atoms with Gasteiger partial charge in [0.1, 0.15) is 6.61 Å². The van der Waals surface area contributed by atoms with Gasteiger partial charge in [0.2, 0.25) is 11.8 Å². The molecule has 0 unspecified atom stereocenters. The Kier molecular flexibility index (Phi) is 15.0. The molecule has 0 atom stereocenters. The number of nitrogens with one attached hydrogen (secondary N) is 2. The summed E-state index contributed by atoms with van der Waals surface area (Å²) in [6, 6.07) is 19.6. The van der Waals surface area contributed by atoms with Crippen LogP contribution in [0.3, 0.4) is 0 Å². The molecule has 3 rings (SSSR count). The second kappa shape index (κ2) is 19.2. The van der Waals surface area contributed by atoms with Gasteiger partial charge >= 0.3 is 0 Å². The third-order valence-electron chi connectivity index (χ3n) is 6.79. The summed E-state index contributed by atoms with van der Waals surface area (Å²) in [6.45, 7) is 8.05. The number of anilines is 2. The summed E-state index contributed by atoms with van der Waals surface area (Å²) in [7, 11) is 0. The fourth-order valence-electron chi connectivity index (χ4n) is 4.45. The third-order valence-corrected chi connectivity index (χ3v) is 6.79. The number of nitrogens with two attached hydrogens (primary N) is 1. The monoisotopic (exact) mass is 633 g/mol. The number of amides is 2. The molecule has 0 heterocycles. The lowest BCUT2D eigenvalue weighted by Gasteiger charge is -2.15. The minimum atomic E-state index is -0.472. The smallest absolute Gasteiger partial charge is 0.250 e. The maximum absolute atomic E-state index is 12.5. The molecule has 46 heavy (non-hydrogen) atoms. The van der Waals surface area contributed by atoms with Gasteiger partial charge in [0.25, 0.3) is 0 Å². The first-order valence-electron chi connectivity index (χ1n) is 15.2. The number of ether oxygens (including phenoxy) is 4. The van der Waals surface area contributed by atoms with E-state index in [-0.39, 0.29) is 36.6 Å². The first-order chi connectivity index (χ1) is 22.2. The summed E-state index contributed by atoms with van der Waals surface area (Å²) in [6.07, 6.45) is 0. The number of hydrogen-bond donors (Lipinski definition) is 3. The first-order valence-corrected chi connectivity index (χ1v) is 15.2. The van der Waals surface area contributed by atoms with Crippen molar-refractivity contribution < 1.29 is 38.1 Å². The second-order valence-corrected chi connectivity index (χ2v) is 10.7. The van der Waals surface area contributed by atoms with E-state index in [1.807, 2.05) is 38.1 Å². The predicted octanol–water partition coefficient (Wildman–Crippen LogP) is 4.61. The predicted molar refractivity (Wildman–Crippen MR) is 176 cm³/mol. The average molecular weight is 634 g/mol. The highest BCUT2D eigenvalue weighted by atomic mass is 16.6. The molecule has 0 spiro atoms. The summed E-state index contributed by atoms with van der Waals surface area (Å²) >= 11 is 0. The molecule has 3 aromatic carbocycles. The van der Waals surface area contributed by atoms with Crippen LogP contribution in [0.4, 0.5) is 11.4 Å². The molecule has 2 amide bonds. The molecule has 11 heteroatoms. The van der Waals surface area contributed by atoms with E-state index in [9.17, 15) is 19.2 Å². The molecule has 0 aliphatic carbocycles. The standard InChI is InChI=1S/C35H43N3O8/c1-24(2)34(41)30-5-4-6-31(33(30)25(3)39)37-15-16-43-17-18-44-19-20-45-21-22-46-23-32(40)38-29-13-11-27(12-14-29)26-7-9-28(10-8-26)35(36)42/h4-14,24,37H,15-23H2,1-3H3,(H2,36,42)(H,38,40). The molecule has 0 aromatic heterocycles. The van der Waals surface area contributed by atoms with Crippen molar-refractivity contribution in [2.75, 3.05) is 70.0 Å². The lowest BCUT2D eigenvalue weighted by molar-refractivity contribution is -0.121. The van der Waals surface area contributed by atoms with Crippen molar-refractivity contribution in [1.82, 2.24) is 0 Å². The van der Waals surface area contributed by atoms with Crippen molar-refractivity contribution in [2.45, 2.75) is 20.8 Å². The van der Waals surface area contributed by atoms with Gasteiger partial charge in [-0.25, -0.2) is 0 Å². The van der Waals surface area contributed by atoms with E-state index in [4.69, 9.17) is 24.7 Å². The highest BCUT2D eigenvalue weighted by Crippen LogP contribution is 2.24. The summed E-state index contributed by atoms with van der Waals surface area (Å²) in [5, 5.41) is 5.97. The maximum atomic E-state index is 12.5. The summed E-state index contributed by atoms with van der Waals surface area (Å²) in [5.41, 5.74) is 9.71. The van der Waals surface area contributed by atoms with E-state index in [1.165, 1.54) is 6.92 Å². The second-order valence-electron chi connectivity index (χ2n) is 10.7.